The summed E-state index contributed by atoms with van der Waals surface area (Å²) >= 11 is 7.63. The topological polar surface area (TPSA) is 96.2 Å². The molecule has 11 heteroatoms. The van der Waals surface area contributed by atoms with Crippen LogP contribution in [0.15, 0.2) is 56.8 Å². The van der Waals surface area contributed by atoms with Gasteiger partial charge in [-0.2, -0.15) is 8.78 Å². The maximum atomic E-state index is 12.3. The Labute approximate surface area is 190 Å². The van der Waals surface area contributed by atoms with Gasteiger partial charge in [0.2, 0.25) is 5.16 Å². The van der Waals surface area contributed by atoms with Gasteiger partial charge in [-0.1, -0.05) is 30.3 Å². The Morgan fingerprint density at radius 3 is 2.62 bits per heavy atom. The fraction of sp³-hybridized carbons (Fsp3) is 0.190. The molecule has 0 aliphatic heterocycles. The van der Waals surface area contributed by atoms with Crippen LogP contribution in [0, 0.1) is 0 Å². The van der Waals surface area contributed by atoms with Crippen molar-refractivity contribution < 1.29 is 17.9 Å². The summed E-state index contributed by atoms with van der Waals surface area (Å²) in [5.74, 6) is 6.90. The van der Waals surface area contributed by atoms with Gasteiger partial charge in [0, 0.05) is 27.8 Å². The molecule has 0 unspecified atom stereocenters. The summed E-state index contributed by atoms with van der Waals surface area (Å²) in [4.78, 5) is 12.0. The zero-order valence-electron chi connectivity index (χ0n) is 16.7. The number of nitrogen functional groups attached to an aromatic ring is 1. The van der Waals surface area contributed by atoms with E-state index in [4.69, 9.17) is 21.9 Å². The van der Waals surface area contributed by atoms with Crippen LogP contribution in [-0.2, 0) is 12.2 Å². The minimum atomic E-state index is -2.90. The average molecular weight is 479 g/mol. The lowest BCUT2D eigenvalue weighted by Gasteiger charge is -2.08. The number of fused-ring (bicyclic) bond motifs is 1. The first-order valence-electron chi connectivity index (χ1n) is 9.49. The van der Waals surface area contributed by atoms with Crippen LogP contribution >= 0.6 is 23.4 Å². The lowest BCUT2D eigenvalue weighted by atomic mass is 10.1. The fourth-order valence-electron chi connectivity index (χ4n) is 3.18. The van der Waals surface area contributed by atoms with Crippen LogP contribution in [0.1, 0.15) is 18.1 Å². The monoisotopic (exact) mass is 478 g/mol. The summed E-state index contributed by atoms with van der Waals surface area (Å²) in [7, 11) is 0. The molecular formula is C21H17ClF2N4O3S. The Bertz CT molecular complexity index is 1330. The number of nitrogens with zero attached hydrogens (tertiary/aromatic N) is 3. The molecule has 0 saturated carbocycles. The number of rotatable bonds is 7. The minimum absolute atomic E-state index is 0.0288. The van der Waals surface area contributed by atoms with Gasteiger partial charge in [0.1, 0.15) is 11.3 Å². The van der Waals surface area contributed by atoms with Gasteiger partial charge in [-0.3, -0.25) is 0 Å². The molecule has 4 aromatic rings. The maximum absolute atomic E-state index is 12.3. The molecular weight excluding hydrogens is 462 g/mol. The van der Waals surface area contributed by atoms with Crippen LogP contribution in [0.5, 0.6) is 5.75 Å². The highest BCUT2D eigenvalue weighted by Crippen LogP contribution is 2.30. The number of hydrogen-bond donors (Lipinski definition) is 1. The number of thioether (sulfide) groups is 1. The molecule has 0 saturated heterocycles. The molecule has 0 spiro atoms. The van der Waals surface area contributed by atoms with E-state index in [0.29, 0.717) is 39.3 Å². The lowest BCUT2D eigenvalue weighted by molar-refractivity contribution is -0.0498. The predicted molar refractivity (Wildman–Crippen MR) is 119 cm³/mol. The largest absolute Gasteiger partial charge is 0.435 e. The van der Waals surface area contributed by atoms with Crippen LogP contribution in [0.3, 0.4) is 0 Å². The number of halogens is 3. The number of nitrogens with two attached hydrogens (primary N) is 1. The van der Waals surface area contributed by atoms with Crippen LogP contribution in [0.4, 0.5) is 8.78 Å². The Morgan fingerprint density at radius 2 is 1.94 bits per heavy atom. The molecule has 0 radical (unpaired) electrons. The first-order chi connectivity index (χ1) is 15.4. The summed E-state index contributed by atoms with van der Waals surface area (Å²) < 4.78 is 35.6. The first-order valence-corrected chi connectivity index (χ1v) is 10.9. The second kappa shape index (κ2) is 9.17. The molecule has 0 aliphatic carbocycles. The molecule has 32 heavy (non-hydrogen) atoms. The molecule has 2 N–H and O–H groups in total. The second-order valence-corrected chi connectivity index (χ2v) is 8.10. The van der Waals surface area contributed by atoms with E-state index in [-0.39, 0.29) is 5.75 Å². The van der Waals surface area contributed by atoms with Crippen LogP contribution in [0.2, 0.25) is 5.02 Å². The molecule has 7 nitrogen and oxygen atoms in total. The van der Waals surface area contributed by atoms with Crippen molar-refractivity contribution >= 4 is 34.3 Å². The van der Waals surface area contributed by atoms with Crippen molar-refractivity contribution in [3.05, 3.63) is 69.0 Å². The van der Waals surface area contributed by atoms with Gasteiger partial charge in [0.05, 0.1) is 0 Å². The highest BCUT2D eigenvalue weighted by atomic mass is 35.5. The van der Waals surface area contributed by atoms with Crippen molar-refractivity contribution in [1.29, 1.82) is 0 Å². The van der Waals surface area contributed by atoms with Crippen molar-refractivity contribution in [2.45, 2.75) is 30.9 Å². The molecule has 0 aliphatic rings. The minimum Gasteiger partial charge on any atom is -0.435 e. The summed E-state index contributed by atoms with van der Waals surface area (Å²) in [5.41, 5.74) is 2.21. The number of benzene rings is 2. The molecule has 0 bridgehead atoms. The van der Waals surface area contributed by atoms with Gasteiger partial charge in [-0.25, -0.2) is 9.47 Å². The summed E-state index contributed by atoms with van der Waals surface area (Å²) in [5, 5.41) is 9.92. The van der Waals surface area contributed by atoms with Gasteiger partial charge in [0.25, 0.3) is 0 Å². The summed E-state index contributed by atoms with van der Waals surface area (Å²) in [6.07, 6.45) is 0.714. The van der Waals surface area contributed by atoms with Crippen molar-refractivity contribution in [3.63, 3.8) is 0 Å². The highest BCUT2D eigenvalue weighted by molar-refractivity contribution is 7.98. The number of ether oxygens (including phenoxy) is 1. The average Bonchev–Trinajstić information content (AvgIpc) is 3.12. The van der Waals surface area contributed by atoms with E-state index < -0.39 is 12.2 Å². The molecule has 0 amide bonds. The van der Waals surface area contributed by atoms with Crippen LogP contribution < -0.4 is 16.2 Å². The number of aromatic nitrogens is 3. The number of aryl methyl sites for hydroxylation is 1. The third kappa shape index (κ3) is 4.56. The van der Waals surface area contributed by atoms with E-state index in [2.05, 4.69) is 14.9 Å². The van der Waals surface area contributed by atoms with E-state index in [1.54, 1.807) is 24.3 Å². The summed E-state index contributed by atoms with van der Waals surface area (Å²) in [6.45, 7) is -0.933. The van der Waals surface area contributed by atoms with Crippen molar-refractivity contribution in [1.82, 2.24) is 14.9 Å². The number of hydrogen-bond acceptors (Lipinski definition) is 7. The van der Waals surface area contributed by atoms with E-state index in [1.807, 2.05) is 6.92 Å². The Balaban J connectivity index is 1.58. The van der Waals surface area contributed by atoms with Gasteiger partial charge in [0.15, 0.2) is 5.82 Å². The zero-order valence-corrected chi connectivity index (χ0v) is 18.3. The molecule has 0 fully saturated rings. The van der Waals surface area contributed by atoms with E-state index >= 15 is 0 Å². The van der Waals surface area contributed by atoms with Gasteiger partial charge in [-0.05, 0) is 53.9 Å². The van der Waals surface area contributed by atoms with Crippen molar-refractivity contribution in [2.75, 3.05) is 5.84 Å². The SMILES string of the molecule is CCc1cc2oc(=O)cc(CSc3nnc(-c4ccc(OC(F)F)cc4)n3N)c2cc1Cl. The quantitative estimate of drug-likeness (QED) is 0.230. The van der Waals surface area contributed by atoms with Crippen molar-refractivity contribution in [2.24, 2.45) is 0 Å². The third-order valence-electron chi connectivity index (χ3n) is 4.74. The first kappa shape index (κ1) is 22.1. The van der Waals surface area contributed by atoms with Gasteiger partial charge in [-0.15, -0.1) is 10.2 Å². The Morgan fingerprint density at radius 1 is 1.19 bits per heavy atom. The zero-order chi connectivity index (χ0) is 22.8. The Kier molecular flexibility index (Phi) is 6.33. The van der Waals surface area contributed by atoms with E-state index in [0.717, 1.165) is 16.5 Å². The molecule has 2 aromatic heterocycles. The lowest BCUT2D eigenvalue weighted by Crippen LogP contribution is -2.11. The normalized spacial score (nSPS) is 11.4. The highest BCUT2D eigenvalue weighted by Gasteiger charge is 2.15. The molecule has 2 heterocycles. The van der Waals surface area contributed by atoms with Gasteiger partial charge >= 0.3 is 12.2 Å². The summed E-state index contributed by atoms with van der Waals surface area (Å²) in [6, 6.07) is 10.9. The molecule has 166 valence electrons. The van der Waals surface area contributed by atoms with Gasteiger partial charge < -0.3 is 15.0 Å². The second-order valence-electron chi connectivity index (χ2n) is 6.75. The van der Waals surface area contributed by atoms with E-state index in [1.165, 1.54) is 34.6 Å². The van der Waals surface area contributed by atoms with Crippen molar-refractivity contribution in [3.8, 4) is 17.1 Å². The smallest absolute Gasteiger partial charge is 0.387 e. The fourth-order valence-corrected chi connectivity index (χ4v) is 4.32. The number of alkyl halides is 2. The maximum Gasteiger partial charge on any atom is 0.387 e. The molecule has 2 aromatic carbocycles. The van der Waals surface area contributed by atoms with Crippen LogP contribution in [0.25, 0.3) is 22.4 Å². The third-order valence-corrected chi connectivity index (χ3v) is 6.08. The Hall–Kier alpha value is -3.11. The predicted octanol–water partition coefficient (Wildman–Crippen LogP) is 4.87. The van der Waals surface area contributed by atoms with Crippen LogP contribution in [-0.4, -0.2) is 21.5 Å². The molecule has 4 rings (SSSR count). The molecule has 0 atom stereocenters. The standard InChI is InChI=1S/C21H17ClF2N4O3S/c1-2-11-7-17-15(9-16(11)22)13(8-18(29)31-17)10-32-21-27-26-19(28(21)25)12-3-5-14(6-4-12)30-20(23)24/h3-9,20H,2,10,25H2,1H3. The van der Waals surface area contributed by atoms with E-state index in [9.17, 15) is 13.6 Å².